The maximum Gasteiger partial charge on any atom is 0.164 e. The van der Waals surface area contributed by atoms with Crippen molar-refractivity contribution in [3.8, 4) is 0 Å². The Labute approximate surface area is 229 Å². The molecule has 0 saturated carbocycles. The number of aromatic nitrogens is 1. The monoisotopic (exact) mass is 518 g/mol. The molecule has 3 N–H and O–H groups in total. The van der Waals surface area contributed by atoms with Gasteiger partial charge in [0.2, 0.25) is 0 Å². The molecule has 8 bridgehead atoms. The number of nitrogens with zero attached hydrogens (tertiary/aromatic N) is 5. The Morgan fingerprint density at radius 2 is 1.23 bits per heavy atom. The second-order valence-corrected chi connectivity index (χ2v) is 10.3. The van der Waals surface area contributed by atoms with Gasteiger partial charge in [0.05, 0.1) is 0 Å². The fourth-order valence-corrected chi connectivity index (χ4v) is 6.06. The van der Waals surface area contributed by atoms with Crippen LogP contribution in [0.2, 0.25) is 0 Å². The van der Waals surface area contributed by atoms with E-state index < -0.39 is 0 Å². The molecule has 8 heteroatoms. The number of aromatic amines is 1. The van der Waals surface area contributed by atoms with Gasteiger partial charge in [0, 0.05) is 44.2 Å². The van der Waals surface area contributed by atoms with Gasteiger partial charge in [-0.15, -0.1) is 0 Å². The summed E-state index contributed by atoms with van der Waals surface area (Å²) >= 11 is 0. The summed E-state index contributed by atoms with van der Waals surface area (Å²) in [6, 6.07) is 24.6. The molecular weight excluding hydrogens is 496 g/mol. The van der Waals surface area contributed by atoms with Gasteiger partial charge in [-0.3, -0.25) is 0 Å². The molecule has 0 saturated heterocycles. The van der Waals surface area contributed by atoms with Gasteiger partial charge >= 0.3 is 0 Å². The molecule has 5 aliphatic rings. The lowest BCUT2D eigenvalue weighted by Gasteiger charge is -2.17. The van der Waals surface area contributed by atoms with E-state index in [-0.39, 0.29) is 6.17 Å². The smallest absolute Gasteiger partial charge is 0.164 e. The molecule has 4 aliphatic heterocycles. The van der Waals surface area contributed by atoms with Gasteiger partial charge in [-0.25, -0.2) is 25.0 Å². The Balaban J connectivity index is 1.33. The van der Waals surface area contributed by atoms with Crippen molar-refractivity contribution in [1.29, 1.82) is 0 Å². The number of H-pyrrole nitrogens is 1. The molecule has 1 atom stereocenters. The third kappa shape index (κ3) is 3.10. The van der Waals surface area contributed by atoms with Crippen LogP contribution in [0.3, 0.4) is 0 Å². The van der Waals surface area contributed by atoms with Crippen molar-refractivity contribution >= 4 is 51.6 Å². The molecule has 0 radical (unpaired) electrons. The Kier molecular flexibility index (Phi) is 4.35. The predicted molar refractivity (Wildman–Crippen MR) is 159 cm³/mol. The molecule has 190 valence electrons. The Bertz CT molecular complexity index is 2010. The van der Waals surface area contributed by atoms with E-state index in [4.69, 9.17) is 25.0 Å². The predicted octanol–water partition coefficient (Wildman–Crippen LogP) is 5.75. The molecule has 1 aromatic heterocycles. The zero-order valence-corrected chi connectivity index (χ0v) is 21.3. The molecule has 0 fully saturated rings. The van der Waals surface area contributed by atoms with E-state index in [1.165, 1.54) is 0 Å². The number of fused-ring (bicyclic) bond motifs is 17. The summed E-state index contributed by atoms with van der Waals surface area (Å²) in [5.41, 5.74) is 6.30. The lowest BCUT2D eigenvalue weighted by atomic mass is 9.98. The normalized spacial score (nSPS) is 22.6. The average molecular weight is 519 g/mol. The first-order chi connectivity index (χ1) is 19.8. The van der Waals surface area contributed by atoms with Crippen LogP contribution < -0.4 is 10.6 Å². The topological polar surface area (TPSA) is 102 Å². The number of benzene rings is 3. The van der Waals surface area contributed by atoms with E-state index in [1.54, 1.807) is 0 Å². The lowest BCUT2D eigenvalue weighted by molar-refractivity contribution is 0.631. The number of rotatable bonds is 0. The highest BCUT2D eigenvalue weighted by Gasteiger charge is 2.33. The van der Waals surface area contributed by atoms with E-state index in [0.29, 0.717) is 17.5 Å². The maximum atomic E-state index is 5.10. The van der Waals surface area contributed by atoms with Crippen LogP contribution >= 0.6 is 0 Å². The second kappa shape index (κ2) is 8.07. The van der Waals surface area contributed by atoms with Gasteiger partial charge in [-0.05, 0) is 12.8 Å². The van der Waals surface area contributed by atoms with Crippen LogP contribution in [-0.4, -0.2) is 34.2 Å². The summed E-state index contributed by atoms with van der Waals surface area (Å²) in [4.78, 5) is 28.7. The number of aliphatic imine (C=N–C) groups is 5. The van der Waals surface area contributed by atoms with E-state index >= 15 is 0 Å². The van der Waals surface area contributed by atoms with Crippen molar-refractivity contribution in [2.24, 2.45) is 25.0 Å². The highest BCUT2D eigenvalue weighted by molar-refractivity contribution is 6.27. The largest absolute Gasteiger partial charge is 0.346 e. The van der Waals surface area contributed by atoms with Crippen LogP contribution in [0.25, 0.3) is 10.8 Å². The number of allylic oxidation sites excluding steroid dienone is 1. The summed E-state index contributed by atoms with van der Waals surface area (Å²) in [7, 11) is 0. The van der Waals surface area contributed by atoms with Gasteiger partial charge in [-0.1, -0.05) is 84.9 Å². The average Bonchev–Trinajstić information content (AvgIpc) is 3.73. The van der Waals surface area contributed by atoms with Crippen molar-refractivity contribution in [1.82, 2.24) is 15.6 Å². The number of hydrogen-bond acceptors (Lipinski definition) is 7. The molecular formula is C32H22N8. The second-order valence-electron chi connectivity index (χ2n) is 10.3. The van der Waals surface area contributed by atoms with Crippen LogP contribution in [0.15, 0.2) is 121 Å². The van der Waals surface area contributed by atoms with Crippen LogP contribution in [-0.2, 0) is 0 Å². The van der Waals surface area contributed by atoms with Crippen molar-refractivity contribution in [2.75, 3.05) is 0 Å². The third-order valence-corrected chi connectivity index (χ3v) is 7.95. The summed E-state index contributed by atoms with van der Waals surface area (Å²) in [5, 5.41) is 9.25. The molecule has 0 amide bonds. The van der Waals surface area contributed by atoms with Gasteiger partial charge in [0.1, 0.15) is 29.5 Å². The molecule has 5 heterocycles. The lowest BCUT2D eigenvalue weighted by Crippen LogP contribution is -2.36. The van der Waals surface area contributed by atoms with Crippen LogP contribution in [0.5, 0.6) is 0 Å². The maximum absolute atomic E-state index is 5.10. The van der Waals surface area contributed by atoms with Crippen LogP contribution in [0.1, 0.15) is 41.3 Å². The molecule has 1 unspecified atom stereocenters. The highest BCUT2D eigenvalue weighted by atomic mass is 15.2. The zero-order chi connectivity index (χ0) is 26.2. The van der Waals surface area contributed by atoms with Crippen molar-refractivity contribution in [3.63, 3.8) is 0 Å². The molecule has 9 rings (SSSR count). The van der Waals surface area contributed by atoms with Crippen molar-refractivity contribution in [2.45, 2.75) is 19.0 Å². The number of nitrogens with one attached hydrogen (secondary N) is 3. The SMILES string of the molecule is C1=CC2=C(CC1)/C1=N/c3[nH]c(c4ccccc34)/N=C3\N=C(N=C4NC(NC2=N1)c1ccccc14)c1ccccc13. The van der Waals surface area contributed by atoms with E-state index in [0.717, 1.165) is 80.3 Å². The van der Waals surface area contributed by atoms with Gasteiger partial charge < -0.3 is 15.6 Å². The summed E-state index contributed by atoms with van der Waals surface area (Å²) < 4.78 is 0. The van der Waals surface area contributed by atoms with Crippen molar-refractivity contribution in [3.05, 3.63) is 118 Å². The van der Waals surface area contributed by atoms with Gasteiger partial charge in [-0.2, -0.15) is 0 Å². The van der Waals surface area contributed by atoms with E-state index in [2.05, 4.69) is 58.1 Å². The minimum atomic E-state index is -0.201. The van der Waals surface area contributed by atoms with Gasteiger partial charge in [0.15, 0.2) is 17.5 Å². The molecule has 8 nitrogen and oxygen atoms in total. The fourth-order valence-electron chi connectivity index (χ4n) is 6.06. The first kappa shape index (κ1) is 21.6. The zero-order valence-electron chi connectivity index (χ0n) is 21.3. The standard InChI is InChI=1S/C32H22N8/c1-2-10-18-17(9-1)25-33-26(18)38-28-21-13-5-6-14-22(21)30(35-28)40-32-24-16-8-7-15-23(24)31(36-32)39-29-20-12-4-3-11-19(20)27(34-29)37-25/h1-7,9-15,29,35H,8,16H2,(H,36,39,40)(H,33,34,37,38). The Morgan fingerprint density at radius 1 is 0.600 bits per heavy atom. The minimum absolute atomic E-state index is 0.201. The summed E-state index contributed by atoms with van der Waals surface area (Å²) in [5.74, 6) is 5.02. The molecule has 40 heavy (non-hydrogen) atoms. The molecule has 3 aromatic carbocycles. The Hall–Kier alpha value is -5.37. The fraction of sp³-hybridized carbons (Fsp3) is 0.0938. The van der Waals surface area contributed by atoms with E-state index in [9.17, 15) is 0 Å². The highest BCUT2D eigenvalue weighted by Crippen LogP contribution is 2.38. The van der Waals surface area contributed by atoms with Crippen molar-refractivity contribution < 1.29 is 0 Å². The van der Waals surface area contributed by atoms with E-state index in [1.807, 2.05) is 42.5 Å². The number of hydrogen-bond donors (Lipinski definition) is 3. The quantitative estimate of drug-likeness (QED) is 0.276. The minimum Gasteiger partial charge on any atom is -0.346 e. The summed E-state index contributed by atoms with van der Waals surface area (Å²) in [6.45, 7) is 0. The number of amidine groups is 5. The molecule has 4 aromatic rings. The van der Waals surface area contributed by atoms with Crippen LogP contribution in [0.4, 0.5) is 11.6 Å². The van der Waals surface area contributed by atoms with Gasteiger partial charge in [0.25, 0.3) is 0 Å². The first-order valence-electron chi connectivity index (χ1n) is 13.5. The first-order valence-corrected chi connectivity index (χ1v) is 13.5. The molecule has 0 spiro atoms. The Morgan fingerprint density at radius 3 is 2.02 bits per heavy atom. The third-order valence-electron chi connectivity index (χ3n) is 7.95. The summed E-state index contributed by atoms with van der Waals surface area (Å²) in [6.07, 6.45) is 6.02. The van der Waals surface area contributed by atoms with Crippen LogP contribution in [0, 0.1) is 0 Å². The molecule has 1 aliphatic carbocycles.